The Morgan fingerprint density at radius 3 is 3.00 bits per heavy atom. The van der Waals surface area contributed by atoms with Crippen molar-refractivity contribution in [2.24, 2.45) is 0 Å². The van der Waals surface area contributed by atoms with Crippen LogP contribution in [0.4, 0.5) is 0 Å². The number of hydrogen-bond acceptors (Lipinski definition) is 3. The molecule has 1 heterocycles. The van der Waals surface area contributed by atoms with Crippen LogP contribution in [-0.2, 0) is 11.2 Å². The van der Waals surface area contributed by atoms with Crippen LogP contribution in [0, 0.1) is 0 Å². The molecular formula is C13H19NO2. The minimum absolute atomic E-state index is 0.398. The van der Waals surface area contributed by atoms with E-state index in [1.165, 1.54) is 5.56 Å². The molecule has 2 rings (SSSR count). The maximum atomic E-state index is 5.79. The molecule has 1 atom stereocenters. The predicted molar refractivity (Wildman–Crippen MR) is 63.9 cm³/mol. The van der Waals surface area contributed by atoms with Gasteiger partial charge in [-0.1, -0.05) is 18.2 Å². The highest BCUT2D eigenvalue weighted by molar-refractivity contribution is 5.33. The van der Waals surface area contributed by atoms with Crippen molar-refractivity contribution < 1.29 is 9.47 Å². The van der Waals surface area contributed by atoms with Gasteiger partial charge in [-0.15, -0.1) is 0 Å². The van der Waals surface area contributed by atoms with Crippen molar-refractivity contribution in [1.29, 1.82) is 0 Å². The highest BCUT2D eigenvalue weighted by Crippen LogP contribution is 2.18. The summed E-state index contributed by atoms with van der Waals surface area (Å²) in [5.74, 6) is 0.954. The van der Waals surface area contributed by atoms with Crippen LogP contribution in [0.2, 0.25) is 0 Å². The van der Waals surface area contributed by atoms with E-state index in [0.29, 0.717) is 6.10 Å². The van der Waals surface area contributed by atoms with E-state index in [2.05, 4.69) is 11.4 Å². The van der Waals surface area contributed by atoms with E-state index in [1.54, 1.807) is 7.11 Å². The van der Waals surface area contributed by atoms with Gasteiger partial charge >= 0.3 is 0 Å². The normalized spacial score (nSPS) is 19.9. The molecule has 0 amide bonds. The second-order valence-corrected chi connectivity index (χ2v) is 4.05. The zero-order valence-corrected chi connectivity index (χ0v) is 9.74. The maximum Gasteiger partial charge on any atom is 0.122 e. The third-order valence-corrected chi connectivity index (χ3v) is 2.93. The van der Waals surface area contributed by atoms with Crippen LogP contribution >= 0.6 is 0 Å². The Balaban J connectivity index is 1.79. The van der Waals surface area contributed by atoms with Gasteiger partial charge in [-0.25, -0.2) is 0 Å². The molecule has 1 aliphatic heterocycles. The molecule has 0 aromatic heterocycles. The Labute approximate surface area is 96.8 Å². The number of nitrogens with one attached hydrogen (secondary N) is 1. The van der Waals surface area contributed by atoms with Crippen LogP contribution in [0.3, 0.4) is 0 Å². The first-order valence-corrected chi connectivity index (χ1v) is 5.84. The lowest BCUT2D eigenvalue weighted by Gasteiger charge is -2.12. The molecule has 1 N–H and O–H groups in total. The first-order chi connectivity index (χ1) is 7.90. The molecule has 1 saturated heterocycles. The highest BCUT2D eigenvalue weighted by Gasteiger charge is 2.14. The fraction of sp³-hybridized carbons (Fsp3) is 0.538. The summed E-state index contributed by atoms with van der Waals surface area (Å²) >= 11 is 0. The van der Waals surface area contributed by atoms with Crippen molar-refractivity contribution in [1.82, 2.24) is 5.32 Å². The summed E-state index contributed by atoms with van der Waals surface area (Å²) in [7, 11) is 1.71. The van der Waals surface area contributed by atoms with Crippen molar-refractivity contribution >= 4 is 0 Å². The lowest BCUT2D eigenvalue weighted by Crippen LogP contribution is -2.18. The maximum absolute atomic E-state index is 5.79. The predicted octanol–water partition coefficient (Wildman–Crippen LogP) is 1.62. The van der Waals surface area contributed by atoms with Gasteiger partial charge in [0.05, 0.1) is 19.8 Å². The number of methoxy groups -OCH3 is 1. The summed E-state index contributed by atoms with van der Waals surface area (Å²) in [6.07, 6.45) is 2.45. The standard InChI is InChI=1S/C13H19NO2/c1-15-13-5-3-2-4-11(13)7-9-16-12-6-8-14-10-12/h2-5,12,14H,6-10H2,1H3. The average molecular weight is 221 g/mol. The summed E-state index contributed by atoms with van der Waals surface area (Å²) in [5, 5.41) is 3.29. The third-order valence-electron chi connectivity index (χ3n) is 2.93. The fourth-order valence-corrected chi connectivity index (χ4v) is 2.02. The molecule has 1 aliphatic rings. The summed E-state index contributed by atoms with van der Waals surface area (Å²) in [5.41, 5.74) is 1.22. The number of benzene rings is 1. The second-order valence-electron chi connectivity index (χ2n) is 4.05. The molecule has 3 heteroatoms. The summed E-state index contributed by atoms with van der Waals surface area (Å²) in [6, 6.07) is 8.11. The van der Waals surface area contributed by atoms with Gasteiger partial charge < -0.3 is 14.8 Å². The van der Waals surface area contributed by atoms with Crippen LogP contribution in [0.25, 0.3) is 0 Å². The van der Waals surface area contributed by atoms with Gasteiger partial charge in [0.1, 0.15) is 5.75 Å². The van der Waals surface area contributed by atoms with Crippen LogP contribution in [-0.4, -0.2) is 32.9 Å². The van der Waals surface area contributed by atoms with Gasteiger partial charge in [-0.2, -0.15) is 0 Å². The molecule has 1 aromatic rings. The molecule has 3 nitrogen and oxygen atoms in total. The third kappa shape index (κ3) is 2.97. The Morgan fingerprint density at radius 2 is 2.25 bits per heavy atom. The number of ether oxygens (including phenoxy) is 2. The average Bonchev–Trinajstić information content (AvgIpc) is 2.83. The van der Waals surface area contributed by atoms with E-state index < -0.39 is 0 Å². The van der Waals surface area contributed by atoms with Crippen LogP contribution in [0.1, 0.15) is 12.0 Å². The smallest absolute Gasteiger partial charge is 0.122 e. The first kappa shape index (κ1) is 11.4. The minimum atomic E-state index is 0.398. The molecule has 1 fully saturated rings. The highest BCUT2D eigenvalue weighted by atomic mass is 16.5. The van der Waals surface area contributed by atoms with Gasteiger partial charge in [0.15, 0.2) is 0 Å². The van der Waals surface area contributed by atoms with Gasteiger partial charge in [-0.05, 0) is 31.0 Å². The number of rotatable bonds is 5. The van der Waals surface area contributed by atoms with Crippen molar-refractivity contribution in [2.75, 3.05) is 26.8 Å². The molecule has 1 aromatic carbocycles. The van der Waals surface area contributed by atoms with E-state index in [9.17, 15) is 0 Å². The number of hydrogen-bond donors (Lipinski definition) is 1. The molecule has 0 aliphatic carbocycles. The summed E-state index contributed by atoms with van der Waals surface area (Å²) in [4.78, 5) is 0. The van der Waals surface area contributed by atoms with Crippen LogP contribution in [0.15, 0.2) is 24.3 Å². The van der Waals surface area contributed by atoms with Gasteiger partial charge in [-0.3, -0.25) is 0 Å². The lowest BCUT2D eigenvalue weighted by atomic mass is 10.1. The largest absolute Gasteiger partial charge is 0.496 e. The molecule has 0 saturated carbocycles. The van der Waals surface area contributed by atoms with Crippen LogP contribution < -0.4 is 10.1 Å². The van der Waals surface area contributed by atoms with Crippen LogP contribution in [0.5, 0.6) is 5.75 Å². The summed E-state index contributed by atoms with van der Waals surface area (Å²) < 4.78 is 11.1. The Hall–Kier alpha value is -1.06. The first-order valence-electron chi connectivity index (χ1n) is 5.84. The molecular weight excluding hydrogens is 202 g/mol. The quantitative estimate of drug-likeness (QED) is 0.819. The van der Waals surface area contributed by atoms with Gasteiger partial charge in [0.2, 0.25) is 0 Å². The molecule has 0 bridgehead atoms. The van der Waals surface area contributed by atoms with E-state index in [-0.39, 0.29) is 0 Å². The lowest BCUT2D eigenvalue weighted by molar-refractivity contribution is 0.0691. The topological polar surface area (TPSA) is 30.5 Å². The van der Waals surface area contributed by atoms with E-state index >= 15 is 0 Å². The molecule has 16 heavy (non-hydrogen) atoms. The van der Waals surface area contributed by atoms with Crippen molar-refractivity contribution in [2.45, 2.75) is 18.9 Å². The number of para-hydroxylation sites is 1. The molecule has 1 unspecified atom stereocenters. The summed E-state index contributed by atoms with van der Waals surface area (Å²) in [6.45, 7) is 2.85. The zero-order chi connectivity index (χ0) is 11.2. The molecule has 0 spiro atoms. The monoisotopic (exact) mass is 221 g/mol. The minimum Gasteiger partial charge on any atom is -0.496 e. The van der Waals surface area contributed by atoms with Crippen molar-refractivity contribution in [3.05, 3.63) is 29.8 Å². The Morgan fingerprint density at radius 1 is 1.38 bits per heavy atom. The second kappa shape index (κ2) is 5.87. The molecule has 0 radical (unpaired) electrons. The fourth-order valence-electron chi connectivity index (χ4n) is 2.02. The SMILES string of the molecule is COc1ccccc1CCOC1CCNC1. The van der Waals surface area contributed by atoms with Crippen molar-refractivity contribution in [3.8, 4) is 5.75 Å². The van der Waals surface area contributed by atoms with E-state index in [0.717, 1.165) is 38.3 Å². The van der Waals surface area contributed by atoms with Crippen molar-refractivity contribution in [3.63, 3.8) is 0 Å². The van der Waals surface area contributed by atoms with Gasteiger partial charge in [0.25, 0.3) is 0 Å². The zero-order valence-electron chi connectivity index (χ0n) is 9.74. The van der Waals surface area contributed by atoms with Gasteiger partial charge in [0, 0.05) is 6.54 Å². The van der Waals surface area contributed by atoms with E-state index in [4.69, 9.17) is 9.47 Å². The Kier molecular flexibility index (Phi) is 4.19. The van der Waals surface area contributed by atoms with E-state index in [1.807, 2.05) is 18.2 Å². The molecule has 88 valence electrons. The Bertz CT molecular complexity index is 321.